The predicted octanol–water partition coefficient (Wildman–Crippen LogP) is 2.93. The second-order valence-electron chi connectivity index (χ2n) is 4.25. The van der Waals surface area contributed by atoms with Crippen LogP contribution in [-0.2, 0) is 11.4 Å². The third kappa shape index (κ3) is 4.72. The van der Waals surface area contributed by atoms with E-state index in [-0.39, 0.29) is 12.4 Å². The summed E-state index contributed by atoms with van der Waals surface area (Å²) in [6.07, 6.45) is 2.34. The highest BCUT2D eigenvalue weighted by Gasteiger charge is 2.03. The van der Waals surface area contributed by atoms with Crippen molar-refractivity contribution in [3.63, 3.8) is 0 Å². The van der Waals surface area contributed by atoms with Gasteiger partial charge in [0.05, 0.1) is 5.97 Å². The first kappa shape index (κ1) is 15.3. The van der Waals surface area contributed by atoms with Crippen LogP contribution in [0.3, 0.4) is 0 Å². The van der Waals surface area contributed by atoms with Crippen LogP contribution in [0.1, 0.15) is 11.1 Å². The van der Waals surface area contributed by atoms with E-state index >= 15 is 0 Å². The average Bonchev–Trinajstić information content (AvgIpc) is 2.45. The van der Waals surface area contributed by atoms with Gasteiger partial charge < -0.3 is 14.6 Å². The van der Waals surface area contributed by atoms with Crippen LogP contribution in [0.4, 0.5) is 4.39 Å². The van der Waals surface area contributed by atoms with Gasteiger partial charge in [0, 0.05) is 10.0 Å². The second kappa shape index (κ2) is 7.04. The Bertz CT molecular complexity index is 666. The first-order chi connectivity index (χ1) is 10.0. The van der Waals surface area contributed by atoms with Crippen LogP contribution < -0.4 is 9.84 Å². The molecule has 0 fully saturated rings. The van der Waals surface area contributed by atoms with Gasteiger partial charge in [0.15, 0.2) is 0 Å². The number of rotatable bonds is 5. The fourth-order valence-electron chi connectivity index (χ4n) is 1.68. The Labute approximate surface area is 129 Å². The number of ether oxygens (including phenoxy) is 1. The molecular formula is C16H11BrFO3-. The Morgan fingerprint density at radius 2 is 1.95 bits per heavy atom. The van der Waals surface area contributed by atoms with Gasteiger partial charge in [0.25, 0.3) is 0 Å². The number of carboxylic acid groups (broad SMARTS) is 1. The highest BCUT2D eigenvalue weighted by atomic mass is 79.9. The Kier molecular flexibility index (Phi) is 5.11. The van der Waals surface area contributed by atoms with Crippen molar-refractivity contribution >= 4 is 28.0 Å². The van der Waals surface area contributed by atoms with E-state index in [4.69, 9.17) is 4.74 Å². The molecule has 21 heavy (non-hydrogen) atoms. The summed E-state index contributed by atoms with van der Waals surface area (Å²) in [5.41, 5.74) is 1.42. The van der Waals surface area contributed by atoms with Crippen LogP contribution in [0.25, 0.3) is 6.08 Å². The molecule has 0 unspecified atom stereocenters. The summed E-state index contributed by atoms with van der Waals surface area (Å²) < 4.78 is 19.3. The largest absolute Gasteiger partial charge is 0.545 e. The molecule has 0 radical (unpaired) electrons. The van der Waals surface area contributed by atoms with Crippen LogP contribution >= 0.6 is 15.9 Å². The second-order valence-corrected chi connectivity index (χ2v) is 5.17. The highest BCUT2D eigenvalue weighted by Crippen LogP contribution is 2.25. The van der Waals surface area contributed by atoms with E-state index in [1.165, 1.54) is 18.2 Å². The molecular weight excluding hydrogens is 339 g/mol. The van der Waals surface area contributed by atoms with Gasteiger partial charge in [-0.25, -0.2) is 4.39 Å². The fourth-order valence-corrected chi connectivity index (χ4v) is 2.06. The third-order valence-electron chi connectivity index (χ3n) is 2.68. The van der Waals surface area contributed by atoms with E-state index in [9.17, 15) is 14.3 Å². The lowest BCUT2D eigenvalue weighted by molar-refractivity contribution is -0.297. The first-order valence-electron chi connectivity index (χ1n) is 6.10. The Balaban J connectivity index is 2.15. The number of hydrogen-bond acceptors (Lipinski definition) is 3. The zero-order valence-corrected chi connectivity index (χ0v) is 12.5. The quantitative estimate of drug-likeness (QED) is 0.779. The van der Waals surface area contributed by atoms with Crippen molar-refractivity contribution in [3.8, 4) is 5.75 Å². The Morgan fingerprint density at radius 3 is 2.62 bits per heavy atom. The van der Waals surface area contributed by atoms with E-state index in [1.807, 2.05) is 0 Å². The Hall–Kier alpha value is -2.14. The van der Waals surface area contributed by atoms with Gasteiger partial charge in [-0.3, -0.25) is 0 Å². The van der Waals surface area contributed by atoms with Crippen molar-refractivity contribution in [1.29, 1.82) is 0 Å². The number of carbonyl (C=O) groups excluding carboxylic acids is 1. The van der Waals surface area contributed by atoms with Crippen molar-refractivity contribution in [1.82, 2.24) is 0 Å². The predicted molar refractivity (Wildman–Crippen MR) is 78.9 cm³/mol. The molecule has 0 saturated heterocycles. The fraction of sp³-hybridized carbons (Fsp3) is 0.0625. The molecule has 0 atom stereocenters. The zero-order chi connectivity index (χ0) is 15.2. The number of carboxylic acids is 1. The van der Waals surface area contributed by atoms with Crippen LogP contribution in [0.15, 0.2) is 53.0 Å². The number of halogens is 2. The third-order valence-corrected chi connectivity index (χ3v) is 3.17. The molecule has 0 saturated carbocycles. The molecule has 0 heterocycles. The molecule has 5 heteroatoms. The van der Waals surface area contributed by atoms with E-state index < -0.39 is 5.97 Å². The van der Waals surface area contributed by atoms with Crippen LogP contribution in [-0.4, -0.2) is 5.97 Å². The molecule has 0 aliphatic heterocycles. The summed E-state index contributed by atoms with van der Waals surface area (Å²) in [6.45, 7) is 0.258. The van der Waals surface area contributed by atoms with Gasteiger partial charge in [-0.15, -0.1) is 0 Å². The molecule has 0 N–H and O–H groups in total. The molecule has 2 rings (SSSR count). The lowest BCUT2D eigenvalue weighted by Gasteiger charge is -2.10. The standard InChI is InChI=1S/C16H12BrFO3/c17-13-4-7-15(12(9-13)3-8-16(19)20)21-10-11-1-5-14(18)6-2-11/h1-9H,10H2,(H,19,20)/p-1/b8-3+. The van der Waals surface area contributed by atoms with Gasteiger partial charge in [-0.1, -0.05) is 28.1 Å². The van der Waals surface area contributed by atoms with Crippen LogP contribution in [0, 0.1) is 5.82 Å². The number of carbonyl (C=O) groups is 1. The SMILES string of the molecule is O=C([O-])/C=C/c1cc(Br)ccc1OCc1ccc(F)cc1. The zero-order valence-electron chi connectivity index (χ0n) is 10.9. The minimum absolute atomic E-state index is 0.258. The van der Waals surface area contributed by atoms with Crippen molar-refractivity contribution < 1.29 is 19.0 Å². The summed E-state index contributed by atoms with van der Waals surface area (Å²) in [7, 11) is 0. The lowest BCUT2D eigenvalue weighted by Crippen LogP contribution is -2.18. The molecule has 2 aromatic carbocycles. The van der Waals surface area contributed by atoms with E-state index in [0.717, 1.165) is 16.1 Å². The summed E-state index contributed by atoms with van der Waals surface area (Å²) in [5.74, 6) is -1.06. The number of aliphatic carboxylic acids is 1. The summed E-state index contributed by atoms with van der Waals surface area (Å²) in [5, 5.41) is 10.5. The van der Waals surface area contributed by atoms with Crippen LogP contribution in [0.2, 0.25) is 0 Å². The van der Waals surface area contributed by atoms with Gasteiger partial charge >= 0.3 is 0 Å². The van der Waals surface area contributed by atoms with Crippen molar-refractivity contribution in [2.45, 2.75) is 6.61 Å². The molecule has 0 amide bonds. The normalized spacial score (nSPS) is 10.8. The van der Waals surface area contributed by atoms with Gasteiger partial charge in [-0.05, 0) is 48.0 Å². The minimum Gasteiger partial charge on any atom is -0.545 e. The van der Waals surface area contributed by atoms with Crippen LogP contribution in [0.5, 0.6) is 5.75 Å². The maximum Gasteiger partial charge on any atom is 0.127 e. The maximum absolute atomic E-state index is 12.8. The molecule has 0 aliphatic rings. The van der Waals surface area contributed by atoms with E-state index in [2.05, 4.69) is 15.9 Å². The molecule has 0 aliphatic carbocycles. The van der Waals surface area contributed by atoms with E-state index in [1.54, 1.807) is 30.3 Å². The van der Waals surface area contributed by atoms with Gasteiger partial charge in [-0.2, -0.15) is 0 Å². The molecule has 0 aromatic heterocycles. The van der Waals surface area contributed by atoms with Gasteiger partial charge in [0.2, 0.25) is 0 Å². The maximum atomic E-state index is 12.8. The number of hydrogen-bond donors (Lipinski definition) is 0. The summed E-state index contributed by atoms with van der Waals surface area (Å²) >= 11 is 3.31. The topological polar surface area (TPSA) is 49.4 Å². The van der Waals surface area contributed by atoms with Crippen molar-refractivity contribution in [2.24, 2.45) is 0 Å². The molecule has 3 nitrogen and oxygen atoms in total. The van der Waals surface area contributed by atoms with Crippen molar-refractivity contribution in [3.05, 3.63) is 70.0 Å². The monoisotopic (exact) mass is 349 g/mol. The summed E-state index contributed by atoms with van der Waals surface area (Å²) in [6, 6.07) is 11.2. The Morgan fingerprint density at radius 1 is 1.24 bits per heavy atom. The lowest BCUT2D eigenvalue weighted by atomic mass is 10.2. The van der Waals surface area contributed by atoms with Crippen molar-refractivity contribution in [2.75, 3.05) is 0 Å². The van der Waals surface area contributed by atoms with Gasteiger partial charge in [0.1, 0.15) is 18.2 Å². The number of benzene rings is 2. The smallest absolute Gasteiger partial charge is 0.127 e. The average molecular weight is 350 g/mol. The summed E-state index contributed by atoms with van der Waals surface area (Å²) in [4.78, 5) is 10.5. The van der Waals surface area contributed by atoms with E-state index in [0.29, 0.717) is 11.3 Å². The molecule has 108 valence electrons. The highest BCUT2D eigenvalue weighted by molar-refractivity contribution is 9.10. The molecule has 0 spiro atoms. The molecule has 0 bridgehead atoms. The first-order valence-corrected chi connectivity index (χ1v) is 6.90. The minimum atomic E-state index is -1.28. The molecule has 2 aromatic rings.